The molecule has 0 spiro atoms. The molecule has 0 unspecified atom stereocenters. The van der Waals surface area contributed by atoms with Crippen LogP contribution < -0.4 is 10.1 Å². The molecule has 1 heterocycles. The summed E-state index contributed by atoms with van der Waals surface area (Å²) in [5.74, 6) is -1.17. The maximum atomic E-state index is 13.1. The van der Waals surface area contributed by atoms with Crippen molar-refractivity contribution in [1.82, 2.24) is 0 Å². The van der Waals surface area contributed by atoms with E-state index in [1.165, 1.54) is 18.2 Å². The number of alkyl halides is 3. The SMILES string of the molecule is O=C(COC(=O)c1ccc(OC[C@@H]2CCCO2)cc1)Nc1ccc(Cl)cc1C(F)(F)F. The first-order valence-corrected chi connectivity index (χ1v) is 9.78. The Hall–Kier alpha value is -2.78. The second-order valence-corrected chi connectivity index (χ2v) is 7.22. The molecule has 1 saturated heterocycles. The van der Waals surface area contributed by atoms with Crippen molar-refractivity contribution in [3.8, 4) is 5.75 Å². The molecule has 2 aromatic carbocycles. The number of amides is 1. The molecule has 2 aromatic rings. The van der Waals surface area contributed by atoms with E-state index in [-0.39, 0.29) is 16.7 Å². The molecule has 3 rings (SSSR count). The summed E-state index contributed by atoms with van der Waals surface area (Å²) in [6, 6.07) is 9.02. The van der Waals surface area contributed by atoms with E-state index >= 15 is 0 Å². The smallest absolute Gasteiger partial charge is 0.418 e. The van der Waals surface area contributed by atoms with Crippen LogP contribution in [0.5, 0.6) is 5.75 Å². The molecule has 1 fully saturated rings. The predicted octanol–water partition coefficient (Wildman–Crippen LogP) is 4.71. The number of carbonyl (C=O) groups excluding carboxylic acids is 2. The van der Waals surface area contributed by atoms with E-state index in [4.69, 9.17) is 25.8 Å². The molecule has 6 nitrogen and oxygen atoms in total. The molecule has 0 bridgehead atoms. The van der Waals surface area contributed by atoms with Gasteiger partial charge < -0.3 is 19.5 Å². The highest BCUT2D eigenvalue weighted by atomic mass is 35.5. The molecule has 0 aromatic heterocycles. The molecule has 0 radical (unpaired) electrons. The molecule has 10 heteroatoms. The lowest BCUT2D eigenvalue weighted by molar-refractivity contribution is -0.137. The van der Waals surface area contributed by atoms with Gasteiger partial charge in [0.2, 0.25) is 0 Å². The Labute approximate surface area is 181 Å². The Morgan fingerprint density at radius 1 is 1.16 bits per heavy atom. The number of hydrogen-bond donors (Lipinski definition) is 1. The molecule has 1 aliphatic rings. The molecule has 0 saturated carbocycles. The molecule has 1 atom stereocenters. The fourth-order valence-electron chi connectivity index (χ4n) is 2.91. The Morgan fingerprint density at radius 3 is 2.55 bits per heavy atom. The fraction of sp³-hybridized carbons (Fsp3) is 0.333. The zero-order valence-corrected chi connectivity index (χ0v) is 17.0. The number of benzene rings is 2. The maximum absolute atomic E-state index is 13.1. The standard InChI is InChI=1S/C21H19ClF3NO5/c22-14-5-8-18(17(10-14)21(23,24)25)26-19(27)12-31-20(28)13-3-6-15(7-4-13)30-11-16-2-1-9-29-16/h3-8,10,16H,1-2,9,11-12H2,(H,26,27)/t16-/m0/s1. The zero-order chi connectivity index (χ0) is 22.4. The molecule has 166 valence electrons. The number of halogens is 4. The van der Waals surface area contributed by atoms with Crippen LogP contribution in [0, 0.1) is 0 Å². The van der Waals surface area contributed by atoms with Gasteiger partial charge in [-0.1, -0.05) is 11.6 Å². The van der Waals surface area contributed by atoms with Gasteiger partial charge in [0.25, 0.3) is 5.91 Å². The largest absolute Gasteiger partial charge is 0.491 e. The van der Waals surface area contributed by atoms with Gasteiger partial charge in [-0.3, -0.25) is 4.79 Å². The van der Waals surface area contributed by atoms with Crippen LogP contribution in [0.1, 0.15) is 28.8 Å². The van der Waals surface area contributed by atoms with Gasteiger partial charge in [0, 0.05) is 11.6 Å². The van der Waals surface area contributed by atoms with Crippen LogP contribution in [0.2, 0.25) is 5.02 Å². The van der Waals surface area contributed by atoms with Crippen LogP contribution >= 0.6 is 11.6 Å². The number of anilines is 1. The summed E-state index contributed by atoms with van der Waals surface area (Å²) >= 11 is 5.60. The van der Waals surface area contributed by atoms with E-state index in [1.807, 2.05) is 0 Å². The Bertz CT molecular complexity index is 928. The summed E-state index contributed by atoms with van der Waals surface area (Å²) in [6.07, 6.45) is -2.71. The third-order valence-corrected chi connectivity index (χ3v) is 4.68. The predicted molar refractivity (Wildman–Crippen MR) is 106 cm³/mol. The van der Waals surface area contributed by atoms with Crippen molar-refractivity contribution >= 4 is 29.2 Å². The highest BCUT2D eigenvalue weighted by molar-refractivity contribution is 6.30. The number of esters is 1. The van der Waals surface area contributed by atoms with Gasteiger partial charge in [0.1, 0.15) is 12.4 Å². The van der Waals surface area contributed by atoms with Crippen molar-refractivity contribution in [3.63, 3.8) is 0 Å². The number of nitrogens with one attached hydrogen (secondary N) is 1. The van der Waals surface area contributed by atoms with Crippen LogP contribution in [0.15, 0.2) is 42.5 Å². The molecule has 1 N–H and O–H groups in total. The van der Waals surface area contributed by atoms with Crippen molar-refractivity contribution in [2.24, 2.45) is 0 Å². The molecule has 1 amide bonds. The topological polar surface area (TPSA) is 73.9 Å². The number of hydrogen-bond acceptors (Lipinski definition) is 5. The average molecular weight is 458 g/mol. The van der Waals surface area contributed by atoms with E-state index in [0.717, 1.165) is 25.5 Å². The van der Waals surface area contributed by atoms with Crippen molar-refractivity contribution in [2.45, 2.75) is 25.1 Å². The first-order valence-electron chi connectivity index (χ1n) is 9.40. The summed E-state index contributed by atoms with van der Waals surface area (Å²) in [5.41, 5.74) is -1.41. The number of rotatable bonds is 7. The lowest BCUT2D eigenvalue weighted by Crippen LogP contribution is -2.22. The first-order chi connectivity index (χ1) is 14.7. The second kappa shape index (κ2) is 10.0. The van der Waals surface area contributed by atoms with Crippen molar-refractivity contribution < 1.29 is 37.0 Å². The maximum Gasteiger partial charge on any atom is 0.418 e. The monoisotopic (exact) mass is 457 g/mol. The molecule has 31 heavy (non-hydrogen) atoms. The van der Waals surface area contributed by atoms with Crippen molar-refractivity contribution in [1.29, 1.82) is 0 Å². The molecular weight excluding hydrogens is 439 g/mol. The average Bonchev–Trinajstić information content (AvgIpc) is 3.25. The molecule has 0 aliphatic carbocycles. The summed E-state index contributed by atoms with van der Waals surface area (Å²) in [4.78, 5) is 24.0. The van der Waals surface area contributed by atoms with Crippen molar-refractivity contribution in [3.05, 3.63) is 58.6 Å². The zero-order valence-electron chi connectivity index (χ0n) is 16.2. The van der Waals surface area contributed by atoms with E-state index in [9.17, 15) is 22.8 Å². The van der Waals surface area contributed by atoms with Gasteiger partial charge in [0.15, 0.2) is 6.61 Å². The van der Waals surface area contributed by atoms with Gasteiger partial charge >= 0.3 is 12.1 Å². The van der Waals surface area contributed by atoms with Crippen LogP contribution in [0.25, 0.3) is 0 Å². The van der Waals surface area contributed by atoms with E-state index in [2.05, 4.69) is 5.32 Å². The number of ether oxygens (including phenoxy) is 3. The van der Waals surface area contributed by atoms with Crippen molar-refractivity contribution in [2.75, 3.05) is 25.1 Å². The van der Waals surface area contributed by atoms with Gasteiger partial charge in [-0.25, -0.2) is 4.79 Å². The van der Waals surface area contributed by atoms with Gasteiger partial charge in [-0.2, -0.15) is 13.2 Å². The lowest BCUT2D eigenvalue weighted by Gasteiger charge is -2.14. The molecule has 1 aliphatic heterocycles. The van der Waals surface area contributed by atoms with E-state index < -0.39 is 35.9 Å². The first kappa shape index (κ1) is 22.9. The van der Waals surface area contributed by atoms with Crippen LogP contribution in [-0.4, -0.2) is 37.8 Å². The summed E-state index contributed by atoms with van der Waals surface area (Å²) in [5, 5.41) is 1.95. The highest BCUT2D eigenvalue weighted by Crippen LogP contribution is 2.36. The minimum atomic E-state index is -4.71. The lowest BCUT2D eigenvalue weighted by atomic mass is 10.1. The van der Waals surface area contributed by atoms with E-state index in [0.29, 0.717) is 18.4 Å². The van der Waals surface area contributed by atoms with E-state index in [1.54, 1.807) is 12.1 Å². The van der Waals surface area contributed by atoms with Crippen LogP contribution in [0.3, 0.4) is 0 Å². The summed E-state index contributed by atoms with van der Waals surface area (Å²) < 4.78 is 55.2. The third-order valence-electron chi connectivity index (χ3n) is 4.45. The Kier molecular flexibility index (Phi) is 7.40. The number of carbonyl (C=O) groups is 2. The second-order valence-electron chi connectivity index (χ2n) is 6.78. The van der Waals surface area contributed by atoms with Gasteiger partial charge in [-0.05, 0) is 55.3 Å². The molecular formula is C21H19ClF3NO5. The van der Waals surface area contributed by atoms with Gasteiger partial charge in [0.05, 0.1) is 22.9 Å². The minimum absolute atomic E-state index is 0.0571. The minimum Gasteiger partial charge on any atom is -0.491 e. The Morgan fingerprint density at radius 2 is 1.90 bits per heavy atom. The highest BCUT2D eigenvalue weighted by Gasteiger charge is 2.34. The quantitative estimate of drug-likeness (QED) is 0.609. The van der Waals surface area contributed by atoms with Gasteiger partial charge in [-0.15, -0.1) is 0 Å². The summed E-state index contributed by atoms with van der Waals surface area (Å²) in [7, 11) is 0. The van der Waals surface area contributed by atoms with Crippen LogP contribution in [0.4, 0.5) is 18.9 Å². The fourth-order valence-corrected chi connectivity index (χ4v) is 3.09. The summed E-state index contributed by atoms with van der Waals surface area (Å²) in [6.45, 7) is 0.381. The normalized spacial score (nSPS) is 16.1. The third kappa shape index (κ3) is 6.60. The van der Waals surface area contributed by atoms with Crippen LogP contribution in [-0.2, 0) is 20.4 Å². The Balaban J connectivity index is 1.50.